The smallest absolute Gasteiger partial charge is 0.0540 e. The van der Waals surface area contributed by atoms with Gasteiger partial charge in [-0.3, -0.25) is 0 Å². The zero-order valence-corrected chi connectivity index (χ0v) is 23.3. The van der Waals surface area contributed by atoms with Crippen molar-refractivity contribution in [3.05, 3.63) is 93.6 Å². The van der Waals surface area contributed by atoms with Crippen molar-refractivity contribution in [3.63, 3.8) is 0 Å². The van der Waals surface area contributed by atoms with E-state index < -0.39 is 0 Å². The van der Waals surface area contributed by atoms with Gasteiger partial charge in [0.15, 0.2) is 0 Å². The Morgan fingerprint density at radius 2 is 1.43 bits per heavy atom. The molecule has 3 aromatic carbocycles. The Kier molecular flexibility index (Phi) is 4.87. The van der Waals surface area contributed by atoms with E-state index in [1.54, 1.807) is 0 Å². The molecule has 0 bridgehead atoms. The van der Waals surface area contributed by atoms with Gasteiger partial charge in [0.25, 0.3) is 0 Å². The van der Waals surface area contributed by atoms with E-state index in [0.717, 1.165) is 12.8 Å². The van der Waals surface area contributed by atoms with E-state index in [1.807, 2.05) is 0 Å². The molecule has 0 spiro atoms. The molecule has 2 aliphatic carbocycles. The molecule has 0 amide bonds. The second kappa shape index (κ2) is 7.46. The van der Waals surface area contributed by atoms with Gasteiger partial charge in [-0.15, -0.1) is 0 Å². The lowest BCUT2D eigenvalue weighted by atomic mass is 9.59. The molecule has 6 rings (SSSR count). The lowest BCUT2D eigenvalue weighted by Gasteiger charge is -2.44. The third-order valence-corrected chi connectivity index (χ3v) is 10.5. The molecule has 0 atom stereocenters. The fourth-order valence-corrected chi connectivity index (χ4v) is 7.17. The number of nitrogens with zero attached hydrogens (tertiary/aromatic N) is 1. The van der Waals surface area contributed by atoms with Crippen molar-refractivity contribution in [2.45, 2.75) is 65.2 Å². The maximum absolute atomic E-state index is 4.01. The van der Waals surface area contributed by atoms with Crippen molar-refractivity contribution in [2.75, 3.05) is 0 Å². The van der Waals surface area contributed by atoms with Gasteiger partial charge in [0, 0.05) is 21.1 Å². The first kappa shape index (κ1) is 22.9. The Bertz CT molecular complexity index is 1530. The van der Waals surface area contributed by atoms with Crippen LogP contribution >= 0.6 is 15.9 Å². The predicted octanol–water partition coefficient (Wildman–Crippen LogP) is 9.61. The molecular weight excluding hydrogens is 490 g/mol. The topological polar surface area (TPSA) is 4.93 Å². The highest BCUT2D eigenvalue weighted by Gasteiger charge is 2.56. The highest BCUT2D eigenvalue weighted by molar-refractivity contribution is 9.10. The number of hydrogen-bond acceptors (Lipinski definition) is 0. The zero-order valence-electron chi connectivity index (χ0n) is 21.7. The van der Waals surface area contributed by atoms with Crippen LogP contribution < -0.4 is 0 Å². The van der Waals surface area contributed by atoms with E-state index >= 15 is 0 Å². The fraction of sp³-hybridized carbons (Fsp3) is 0.333. The van der Waals surface area contributed by atoms with Crippen molar-refractivity contribution in [2.24, 2.45) is 5.41 Å². The minimum atomic E-state index is 0.0677. The quantitative estimate of drug-likeness (QED) is 0.246. The highest BCUT2D eigenvalue weighted by Crippen LogP contribution is 2.62. The van der Waals surface area contributed by atoms with Gasteiger partial charge in [-0.25, -0.2) is 0 Å². The van der Waals surface area contributed by atoms with E-state index in [4.69, 9.17) is 0 Å². The second-order valence-electron chi connectivity index (χ2n) is 11.9. The van der Waals surface area contributed by atoms with Crippen LogP contribution in [-0.4, -0.2) is 4.57 Å². The molecule has 0 N–H and O–H groups in total. The molecule has 0 fully saturated rings. The maximum atomic E-state index is 4.01. The number of para-hydroxylation sites is 2. The summed E-state index contributed by atoms with van der Waals surface area (Å²) < 4.78 is 3.65. The van der Waals surface area contributed by atoms with Crippen LogP contribution in [0.2, 0.25) is 0 Å². The van der Waals surface area contributed by atoms with E-state index in [1.165, 1.54) is 54.6 Å². The first-order valence-corrected chi connectivity index (χ1v) is 13.6. The van der Waals surface area contributed by atoms with Gasteiger partial charge in [0.1, 0.15) is 0 Å². The summed E-state index contributed by atoms with van der Waals surface area (Å²) in [7, 11) is 0. The lowest BCUT2D eigenvalue weighted by molar-refractivity contribution is 0.125. The molecular formula is C33H34BrN. The minimum absolute atomic E-state index is 0.0677. The average molecular weight is 525 g/mol. The van der Waals surface area contributed by atoms with Crippen molar-refractivity contribution >= 4 is 32.9 Å². The van der Waals surface area contributed by atoms with E-state index in [2.05, 4.69) is 135 Å². The predicted molar refractivity (Wildman–Crippen MR) is 154 cm³/mol. The van der Waals surface area contributed by atoms with Gasteiger partial charge < -0.3 is 4.57 Å². The van der Waals surface area contributed by atoms with E-state index in [-0.39, 0.29) is 16.2 Å². The maximum Gasteiger partial charge on any atom is 0.0540 e. The SMILES string of the molecule is CC1(C)c2cc(Br)c(-c3ccccc3-n3c4c(c5ccccc53)CCC=C4)cc2C(C)(C)C1(C)C. The van der Waals surface area contributed by atoms with Crippen LogP contribution in [-0.2, 0) is 17.3 Å². The van der Waals surface area contributed by atoms with E-state index in [9.17, 15) is 0 Å². The van der Waals surface area contributed by atoms with Crippen molar-refractivity contribution in [1.82, 2.24) is 4.57 Å². The monoisotopic (exact) mass is 523 g/mol. The summed E-state index contributed by atoms with van der Waals surface area (Å²) >= 11 is 4.01. The number of benzene rings is 3. The second-order valence-corrected chi connectivity index (χ2v) is 12.8. The van der Waals surface area contributed by atoms with Crippen LogP contribution in [0.1, 0.15) is 70.3 Å². The summed E-state index contributed by atoms with van der Waals surface area (Å²) in [6, 6.07) is 22.7. The summed E-state index contributed by atoms with van der Waals surface area (Å²) in [6.45, 7) is 14.5. The molecule has 1 heterocycles. The summed E-state index contributed by atoms with van der Waals surface area (Å²) in [5, 5.41) is 1.37. The minimum Gasteiger partial charge on any atom is -0.309 e. The molecule has 1 aromatic heterocycles. The fourth-order valence-electron chi connectivity index (χ4n) is 6.61. The Labute approximate surface area is 218 Å². The van der Waals surface area contributed by atoms with Crippen molar-refractivity contribution in [1.29, 1.82) is 0 Å². The third kappa shape index (κ3) is 2.93. The Morgan fingerprint density at radius 1 is 0.771 bits per heavy atom. The van der Waals surface area contributed by atoms with Crippen molar-refractivity contribution in [3.8, 4) is 16.8 Å². The molecule has 4 aromatic rings. The third-order valence-electron chi connectivity index (χ3n) is 9.87. The van der Waals surface area contributed by atoms with Crippen LogP contribution in [0, 0.1) is 5.41 Å². The molecule has 0 saturated heterocycles. The average Bonchev–Trinajstić information content (AvgIpc) is 3.22. The highest BCUT2D eigenvalue weighted by atomic mass is 79.9. The molecule has 178 valence electrons. The van der Waals surface area contributed by atoms with Gasteiger partial charge in [-0.2, -0.15) is 0 Å². The molecule has 2 aliphatic rings. The Hall–Kier alpha value is -2.58. The molecule has 0 aliphatic heterocycles. The van der Waals surface area contributed by atoms with Crippen LogP contribution in [0.5, 0.6) is 0 Å². The van der Waals surface area contributed by atoms with Crippen LogP contribution in [0.4, 0.5) is 0 Å². The normalized spacial score (nSPS) is 19.1. The molecule has 35 heavy (non-hydrogen) atoms. The number of allylic oxidation sites excluding steroid dienone is 1. The molecule has 0 radical (unpaired) electrons. The van der Waals surface area contributed by atoms with Crippen LogP contribution in [0.15, 0.2) is 71.2 Å². The number of fused-ring (bicyclic) bond motifs is 4. The number of halogens is 1. The summed E-state index contributed by atoms with van der Waals surface area (Å²) in [4.78, 5) is 0. The van der Waals surface area contributed by atoms with Gasteiger partial charge in [-0.1, -0.05) is 99.9 Å². The van der Waals surface area contributed by atoms with Gasteiger partial charge in [-0.05, 0) is 81.7 Å². The number of rotatable bonds is 2. The number of aryl methyl sites for hydroxylation is 1. The molecule has 1 nitrogen and oxygen atoms in total. The van der Waals surface area contributed by atoms with Gasteiger partial charge in [0.05, 0.1) is 11.2 Å². The molecule has 0 unspecified atom stereocenters. The standard InChI is InChI=1S/C33H34BrN/c1-31(2)25-19-24(27(34)20-26(25)32(3,4)33(31,5)6)23-15-9-12-18-30(23)35-28-16-10-7-13-21(28)22-14-8-11-17-29(22)35/h7,9-13,15-20H,8,14H2,1-6H3. The van der Waals surface area contributed by atoms with Gasteiger partial charge in [0.2, 0.25) is 0 Å². The number of hydrogen-bond donors (Lipinski definition) is 0. The van der Waals surface area contributed by atoms with Crippen LogP contribution in [0.25, 0.3) is 33.8 Å². The van der Waals surface area contributed by atoms with Crippen molar-refractivity contribution < 1.29 is 0 Å². The summed E-state index contributed by atoms with van der Waals surface area (Å²) in [5.41, 5.74) is 11.1. The molecule has 0 saturated carbocycles. The Morgan fingerprint density at radius 3 is 2.20 bits per heavy atom. The first-order valence-electron chi connectivity index (χ1n) is 12.8. The first-order chi connectivity index (χ1) is 16.6. The van der Waals surface area contributed by atoms with Gasteiger partial charge >= 0.3 is 0 Å². The van der Waals surface area contributed by atoms with E-state index in [0.29, 0.717) is 0 Å². The zero-order chi connectivity index (χ0) is 24.8. The Balaban J connectivity index is 1.64. The number of aromatic nitrogens is 1. The summed E-state index contributed by atoms with van der Waals surface area (Å²) in [5.74, 6) is 0. The van der Waals surface area contributed by atoms with Crippen LogP contribution in [0.3, 0.4) is 0 Å². The molecule has 2 heteroatoms. The largest absolute Gasteiger partial charge is 0.309 e. The lowest BCUT2D eigenvalue weighted by Crippen LogP contribution is -2.42. The summed E-state index contributed by atoms with van der Waals surface area (Å²) in [6.07, 6.45) is 6.85.